The van der Waals surface area contributed by atoms with E-state index in [2.05, 4.69) is 5.32 Å². The SMILES string of the molecule is Cc1ccccc1OCC(=O)c1ccc2c(c1)N(C(C)C(=O)NCC1CC1)C(=O)CO2. The summed E-state index contributed by atoms with van der Waals surface area (Å²) in [7, 11) is 0. The molecule has 7 nitrogen and oxygen atoms in total. The molecular formula is C24H26N2O5. The van der Waals surface area contributed by atoms with E-state index in [0.29, 0.717) is 35.2 Å². The van der Waals surface area contributed by atoms with Gasteiger partial charge in [0.2, 0.25) is 5.91 Å². The lowest BCUT2D eigenvalue weighted by Crippen LogP contribution is -2.51. The molecule has 2 aliphatic rings. The molecule has 31 heavy (non-hydrogen) atoms. The lowest BCUT2D eigenvalue weighted by Gasteiger charge is -2.33. The normalized spacial score (nSPS) is 16.2. The van der Waals surface area contributed by atoms with E-state index in [4.69, 9.17) is 9.47 Å². The standard InChI is InChI=1S/C24H26N2O5/c1-15-5-3-4-6-21(15)30-13-20(27)18-9-10-22-19(11-18)26(23(28)14-31-22)16(2)24(29)25-12-17-7-8-17/h3-6,9-11,16-17H,7-8,12-14H2,1-2H3,(H,25,29). The van der Waals surface area contributed by atoms with Gasteiger partial charge >= 0.3 is 0 Å². The van der Waals surface area contributed by atoms with Crippen LogP contribution in [0.1, 0.15) is 35.7 Å². The number of carbonyl (C=O) groups is 3. The number of para-hydroxylation sites is 1. The van der Waals surface area contributed by atoms with Gasteiger partial charge in [0.05, 0.1) is 5.69 Å². The molecule has 1 heterocycles. The number of ether oxygens (including phenoxy) is 2. The quantitative estimate of drug-likeness (QED) is 0.662. The largest absolute Gasteiger partial charge is 0.485 e. The van der Waals surface area contributed by atoms with E-state index in [-0.39, 0.29) is 30.8 Å². The predicted octanol–water partition coefficient (Wildman–Crippen LogP) is 2.90. The number of nitrogens with one attached hydrogen (secondary N) is 1. The first kappa shape index (κ1) is 20.9. The Morgan fingerprint density at radius 1 is 1.23 bits per heavy atom. The minimum absolute atomic E-state index is 0.129. The fourth-order valence-corrected chi connectivity index (χ4v) is 3.55. The number of Topliss-reactive ketones (excluding diaryl/α,β-unsaturated/α-hetero) is 1. The summed E-state index contributed by atoms with van der Waals surface area (Å²) in [5.41, 5.74) is 1.75. The van der Waals surface area contributed by atoms with E-state index in [0.717, 1.165) is 18.4 Å². The number of hydrogen-bond acceptors (Lipinski definition) is 5. The molecule has 0 spiro atoms. The molecular weight excluding hydrogens is 396 g/mol. The van der Waals surface area contributed by atoms with E-state index < -0.39 is 6.04 Å². The Balaban J connectivity index is 1.50. The number of hydrogen-bond donors (Lipinski definition) is 1. The Morgan fingerprint density at radius 3 is 2.74 bits per heavy atom. The van der Waals surface area contributed by atoms with Gasteiger partial charge in [-0.05, 0) is 62.4 Å². The van der Waals surface area contributed by atoms with Gasteiger partial charge in [-0.15, -0.1) is 0 Å². The molecule has 1 saturated carbocycles. The van der Waals surface area contributed by atoms with Gasteiger partial charge in [0.15, 0.2) is 19.0 Å². The highest BCUT2D eigenvalue weighted by Crippen LogP contribution is 2.35. The van der Waals surface area contributed by atoms with Gasteiger partial charge in [-0.2, -0.15) is 0 Å². The predicted molar refractivity (Wildman–Crippen MR) is 116 cm³/mol. The molecule has 1 N–H and O–H groups in total. The summed E-state index contributed by atoms with van der Waals surface area (Å²) in [5.74, 6) is 0.902. The van der Waals surface area contributed by atoms with Crippen LogP contribution >= 0.6 is 0 Å². The lowest BCUT2D eigenvalue weighted by atomic mass is 10.1. The molecule has 162 valence electrons. The minimum Gasteiger partial charge on any atom is -0.485 e. The molecule has 2 amide bonds. The smallest absolute Gasteiger partial charge is 0.265 e. The lowest BCUT2D eigenvalue weighted by molar-refractivity contribution is -0.127. The Morgan fingerprint density at radius 2 is 2.00 bits per heavy atom. The van der Waals surface area contributed by atoms with E-state index in [9.17, 15) is 14.4 Å². The summed E-state index contributed by atoms with van der Waals surface area (Å²) in [6.07, 6.45) is 2.26. The third-order valence-corrected chi connectivity index (χ3v) is 5.64. The molecule has 1 aliphatic carbocycles. The first-order valence-corrected chi connectivity index (χ1v) is 10.5. The van der Waals surface area contributed by atoms with Gasteiger partial charge in [0.25, 0.3) is 5.91 Å². The molecule has 0 aromatic heterocycles. The monoisotopic (exact) mass is 422 g/mol. The first-order valence-electron chi connectivity index (χ1n) is 10.5. The molecule has 1 unspecified atom stereocenters. The van der Waals surface area contributed by atoms with Crippen molar-refractivity contribution in [3.8, 4) is 11.5 Å². The van der Waals surface area contributed by atoms with Crippen molar-refractivity contribution in [1.82, 2.24) is 5.32 Å². The molecule has 0 saturated heterocycles. The molecule has 1 atom stereocenters. The number of fused-ring (bicyclic) bond motifs is 1. The maximum absolute atomic E-state index is 12.7. The van der Waals surface area contributed by atoms with Crippen molar-refractivity contribution in [2.75, 3.05) is 24.7 Å². The maximum Gasteiger partial charge on any atom is 0.265 e. The Hall–Kier alpha value is -3.35. The molecule has 7 heteroatoms. The van der Waals surface area contributed by atoms with Crippen LogP contribution in [0.5, 0.6) is 11.5 Å². The number of aryl methyl sites for hydroxylation is 1. The van der Waals surface area contributed by atoms with Gasteiger partial charge < -0.3 is 14.8 Å². The molecule has 0 bridgehead atoms. The summed E-state index contributed by atoms with van der Waals surface area (Å²) >= 11 is 0. The minimum atomic E-state index is -0.706. The number of anilines is 1. The summed E-state index contributed by atoms with van der Waals surface area (Å²) < 4.78 is 11.2. The summed E-state index contributed by atoms with van der Waals surface area (Å²) in [5, 5.41) is 2.91. The topological polar surface area (TPSA) is 84.9 Å². The van der Waals surface area contributed by atoms with Crippen LogP contribution in [0.4, 0.5) is 5.69 Å². The van der Waals surface area contributed by atoms with Crippen LogP contribution in [0, 0.1) is 12.8 Å². The van der Waals surface area contributed by atoms with Gasteiger partial charge in [0.1, 0.15) is 17.5 Å². The summed E-state index contributed by atoms with van der Waals surface area (Å²) in [6.45, 7) is 3.95. The molecule has 1 fully saturated rings. The number of nitrogens with zero attached hydrogens (tertiary/aromatic N) is 1. The average molecular weight is 422 g/mol. The van der Waals surface area contributed by atoms with E-state index >= 15 is 0 Å². The second kappa shape index (κ2) is 8.79. The van der Waals surface area contributed by atoms with Gasteiger partial charge in [-0.25, -0.2) is 0 Å². The zero-order valence-corrected chi connectivity index (χ0v) is 17.7. The van der Waals surface area contributed by atoms with Crippen LogP contribution in [0.2, 0.25) is 0 Å². The number of rotatable bonds is 8. The number of ketones is 1. The van der Waals surface area contributed by atoms with Crippen molar-refractivity contribution in [1.29, 1.82) is 0 Å². The number of carbonyl (C=O) groups excluding carboxylic acids is 3. The van der Waals surface area contributed by atoms with Crippen molar-refractivity contribution in [2.45, 2.75) is 32.7 Å². The maximum atomic E-state index is 12.7. The van der Waals surface area contributed by atoms with Gasteiger partial charge in [-0.1, -0.05) is 18.2 Å². The van der Waals surface area contributed by atoms with Crippen molar-refractivity contribution in [3.05, 3.63) is 53.6 Å². The van der Waals surface area contributed by atoms with Crippen molar-refractivity contribution >= 4 is 23.3 Å². The molecule has 1 aliphatic heterocycles. The zero-order chi connectivity index (χ0) is 22.0. The van der Waals surface area contributed by atoms with Crippen molar-refractivity contribution in [2.24, 2.45) is 5.92 Å². The van der Waals surface area contributed by atoms with Gasteiger partial charge in [0, 0.05) is 12.1 Å². The first-order chi connectivity index (χ1) is 14.9. The third kappa shape index (κ3) is 4.71. The highest BCUT2D eigenvalue weighted by atomic mass is 16.5. The highest BCUT2D eigenvalue weighted by molar-refractivity contribution is 6.05. The van der Waals surface area contributed by atoms with Gasteiger partial charge in [-0.3, -0.25) is 19.3 Å². The zero-order valence-electron chi connectivity index (χ0n) is 17.7. The van der Waals surface area contributed by atoms with Crippen LogP contribution < -0.4 is 19.7 Å². The fraction of sp³-hybridized carbons (Fsp3) is 0.375. The van der Waals surface area contributed by atoms with Crippen LogP contribution in [0.15, 0.2) is 42.5 Å². The van der Waals surface area contributed by atoms with E-state index in [1.54, 1.807) is 25.1 Å². The second-order valence-corrected chi connectivity index (χ2v) is 8.08. The Kier molecular flexibility index (Phi) is 5.93. The van der Waals surface area contributed by atoms with Crippen LogP contribution in [0.25, 0.3) is 0 Å². The summed E-state index contributed by atoms with van der Waals surface area (Å²) in [4.78, 5) is 39.4. The summed E-state index contributed by atoms with van der Waals surface area (Å²) in [6, 6.07) is 11.7. The fourth-order valence-electron chi connectivity index (χ4n) is 3.55. The molecule has 4 rings (SSSR count). The number of benzene rings is 2. The molecule has 2 aromatic rings. The third-order valence-electron chi connectivity index (χ3n) is 5.64. The van der Waals surface area contributed by atoms with E-state index in [1.807, 2.05) is 31.2 Å². The van der Waals surface area contributed by atoms with Crippen LogP contribution in [-0.4, -0.2) is 43.4 Å². The number of amides is 2. The Bertz CT molecular complexity index is 1010. The average Bonchev–Trinajstić information content (AvgIpc) is 3.60. The van der Waals surface area contributed by atoms with Crippen molar-refractivity contribution in [3.63, 3.8) is 0 Å². The van der Waals surface area contributed by atoms with Crippen LogP contribution in [-0.2, 0) is 9.59 Å². The second-order valence-electron chi connectivity index (χ2n) is 8.08. The van der Waals surface area contributed by atoms with Crippen LogP contribution in [0.3, 0.4) is 0 Å². The molecule has 0 radical (unpaired) electrons. The van der Waals surface area contributed by atoms with Crippen molar-refractivity contribution < 1.29 is 23.9 Å². The highest BCUT2D eigenvalue weighted by Gasteiger charge is 2.34. The molecule has 2 aromatic carbocycles. The Labute approximate surface area is 181 Å². The van der Waals surface area contributed by atoms with E-state index in [1.165, 1.54) is 4.90 Å².